The quantitative estimate of drug-likeness (QED) is 0.364. The summed E-state index contributed by atoms with van der Waals surface area (Å²) in [5, 5.41) is 0. The van der Waals surface area contributed by atoms with Crippen LogP contribution in [0.15, 0.2) is 29.2 Å². The average molecular weight is 254 g/mol. The minimum absolute atomic E-state index is 0.147. The number of anilines is 1. The molecule has 0 aliphatic heterocycles. The fraction of sp³-hybridized carbons (Fsp3) is 0. The Morgan fingerprint density at radius 3 is 1.86 bits per heavy atom. The van der Waals surface area contributed by atoms with Crippen LogP contribution in [0.2, 0.25) is 0 Å². The molecule has 0 radical (unpaired) electrons. The molecular formula is C6H8NO5STi. The molecule has 0 saturated carbocycles. The van der Waals surface area contributed by atoms with Crippen molar-refractivity contribution in [3.63, 3.8) is 0 Å². The van der Waals surface area contributed by atoms with Gasteiger partial charge in [0, 0.05) is 5.69 Å². The molecule has 1 rings (SSSR count). The molecule has 77 valence electrons. The van der Waals surface area contributed by atoms with Gasteiger partial charge in [-0.15, -0.1) is 0 Å². The molecule has 0 unspecified atom stereocenters. The first-order chi connectivity index (χ1) is 6.41. The Morgan fingerprint density at radius 2 is 1.57 bits per heavy atom. The second-order valence-electron chi connectivity index (χ2n) is 2.14. The molecule has 0 bridgehead atoms. The molecule has 0 spiro atoms. The van der Waals surface area contributed by atoms with Crippen LogP contribution in [0.5, 0.6) is 0 Å². The summed E-state index contributed by atoms with van der Waals surface area (Å²) in [6.45, 7) is 0. The molecule has 0 aliphatic carbocycles. The van der Waals surface area contributed by atoms with Crippen LogP contribution < -0.4 is 5.73 Å². The van der Waals surface area contributed by atoms with Crippen LogP contribution in [0.3, 0.4) is 0 Å². The van der Waals surface area contributed by atoms with Crippen LogP contribution in [0.25, 0.3) is 0 Å². The number of benzene rings is 1. The van der Waals surface area contributed by atoms with E-state index in [9.17, 15) is 8.42 Å². The van der Waals surface area contributed by atoms with Crippen molar-refractivity contribution in [2.75, 3.05) is 5.73 Å². The summed E-state index contributed by atoms with van der Waals surface area (Å²) in [6.07, 6.45) is 0. The zero-order chi connectivity index (χ0) is 11.2. The maximum atomic E-state index is 10.5. The van der Waals surface area contributed by atoms with Gasteiger partial charge in [0.05, 0.1) is 4.90 Å². The fourth-order valence-electron chi connectivity index (χ4n) is 0.640. The number of nitrogens with two attached hydrogens (primary N) is 1. The van der Waals surface area contributed by atoms with Gasteiger partial charge in [-0.1, -0.05) is 0 Å². The van der Waals surface area contributed by atoms with Crippen LogP contribution in [0.1, 0.15) is 0 Å². The van der Waals surface area contributed by atoms with Crippen LogP contribution in [-0.4, -0.2) is 16.7 Å². The van der Waals surface area contributed by atoms with Crippen LogP contribution in [0, 0.1) is 0 Å². The molecular weight excluding hydrogens is 246 g/mol. The summed E-state index contributed by atoms with van der Waals surface area (Å²) in [6, 6.07) is 5.29. The van der Waals surface area contributed by atoms with E-state index in [1.165, 1.54) is 24.3 Å². The summed E-state index contributed by atoms with van der Waals surface area (Å²) >= 11 is -1.75. The van der Waals surface area contributed by atoms with Crippen molar-refractivity contribution < 1.29 is 39.5 Å². The van der Waals surface area contributed by atoms with E-state index in [0.29, 0.717) is 5.69 Å². The SMILES string of the molecule is Nc1ccc(S(=O)(=O)O)cc1.[O]=[Ti][OH]. The summed E-state index contributed by atoms with van der Waals surface area (Å²) in [4.78, 5) is -0.147. The van der Waals surface area contributed by atoms with Crippen LogP contribution in [0.4, 0.5) is 5.69 Å². The fourth-order valence-corrected chi connectivity index (χ4v) is 1.12. The molecule has 0 aromatic heterocycles. The van der Waals surface area contributed by atoms with Crippen molar-refractivity contribution in [3.05, 3.63) is 24.3 Å². The Bertz CT molecular complexity index is 387. The Labute approximate surface area is 90.2 Å². The third kappa shape index (κ3) is 5.20. The molecule has 8 heteroatoms. The van der Waals surface area contributed by atoms with Crippen LogP contribution >= 0.6 is 0 Å². The predicted octanol–water partition coefficient (Wildman–Crippen LogP) is -0.163. The molecule has 1 aromatic carbocycles. The van der Waals surface area contributed by atoms with Crippen molar-refractivity contribution in [1.29, 1.82) is 0 Å². The summed E-state index contributed by atoms with van der Waals surface area (Å²) in [5.74, 6) is 0. The Balaban J connectivity index is 0.000000500. The van der Waals surface area contributed by atoms with E-state index in [0.717, 1.165) is 0 Å². The molecule has 14 heavy (non-hydrogen) atoms. The molecule has 0 fully saturated rings. The molecule has 0 heterocycles. The van der Waals surface area contributed by atoms with Gasteiger partial charge in [-0.3, -0.25) is 4.55 Å². The summed E-state index contributed by atoms with van der Waals surface area (Å²) in [7, 11) is -4.08. The van der Waals surface area contributed by atoms with Crippen molar-refractivity contribution in [2.24, 2.45) is 0 Å². The second kappa shape index (κ2) is 6.00. The topological polar surface area (TPSA) is 118 Å². The number of hydrogen-bond acceptors (Lipinski definition) is 4. The molecule has 1 aromatic rings. The second-order valence-corrected chi connectivity index (χ2v) is 3.84. The van der Waals surface area contributed by atoms with Gasteiger partial charge in [-0.2, -0.15) is 8.42 Å². The van der Waals surface area contributed by atoms with Gasteiger partial charge in [0.1, 0.15) is 0 Å². The Kier molecular flexibility index (Phi) is 5.74. The van der Waals surface area contributed by atoms with Crippen molar-refractivity contribution >= 4 is 15.8 Å². The maximum absolute atomic E-state index is 10.5. The predicted molar refractivity (Wildman–Crippen MR) is 43.6 cm³/mol. The number of rotatable bonds is 1. The third-order valence-electron chi connectivity index (χ3n) is 1.18. The molecule has 0 saturated heterocycles. The van der Waals surface area contributed by atoms with E-state index >= 15 is 0 Å². The van der Waals surface area contributed by atoms with Crippen molar-refractivity contribution in [1.82, 2.24) is 0 Å². The van der Waals surface area contributed by atoms with E-state index in [1.807, 2.05) is 0 Å². The number of nitrogen functional groups attached to an aromatic ring is 1. The zero-order valence-corrected chi connectivity index (χ0v) is 9.29. The minimum atomic E-state index is -4.08. The van der Waals surface area contributed by atoms with Gasteiger partial charge in [-0.25, -0.2) is 0 Å². The summed E-state index contributed by atoms with van der Waals surface area (Å²) in [5.41, 5.74) is 5.75. The van der Waals surface area contributed by atoms with E-state index < -0.39 is 29.6 Å². The van der Waals surface area contributed by atoms with E-state index in [-0.39, 0.29) is 4.90 Å². The van der Waals surface area contributed by atoms with Crippen molar-refractivity contribution in [3.8, 4) is 0 Å². The zero-order valence-electron chi connectivity index (χ0n) is 6.91. The normalized spacial score (nSPS) is 9.57. The first-order valence-electron chi connectivity index (χ1n) is 3.26. The Hall–Kier alpha value is -0.596. The van der Waals surface area contributed by atoms with Crippen molar-refractivity contribution in [2.45, 2.75) is 4.90 Å². The van der Waals surface area contributed by atoms with Gasteiger partial charge in [0.15, 0.2) is 0 Å². The first-order valence-corrected chi connectivity index (χ1v) is 6.03. The van der Waals surface area contributed by atoms with Gasteiger partial charge in [0.2, 0.25) is 0 Å². The van der Waals surface area contributed by atoms with Gasteiger partial charge >= 0.3 is 26.5 Å². The first kappa shape index (κ1) is 13.4. The van der Waals surface area contributed by atoms with Gasteiger partial charge in [-0.05, 0) is 24.3 Å². The summed E-state index contributed by atoms with van der Waals surface area (Å²) < 4.78 is 45.2. The molecule has 0 aliphatic rings. The standard InChI is InChI=1S/C6H7NO3S.H2O.O.Ti/c7-5-1-3-6(4-2-5)11(8,9)10;;;/h1-4H,7H2,(H,8,9,10);1H2;;/q;;;+1/p-1. The molecule has 0 amide bonds. The molecule has 0 atom stereocenters. The molecule has 4 N–H and O–H groups in total. The number of hydrogen-bond donors (Lipinski definition) is 3. The van der Waals surface area contributed by atoms with E-state index in [4.69, 9.17) is 17.3 Å². The Morgan fingerprint density at radius 1 is 1.21 bits per heavy atom. The van der Waals surface area contributed by atoms with E-state index in [1.54, 1.807) is 0 Å². The molecule has 6 nitrogen and oxygen atoms in total. The average Bonchev–Trinajstić information content (AvgIpc) is 2.04. The van der Waals surface area contributed by atoms with Gasteiger partial charge < -0.3 is 5.73 Å². The monoisotopic (exact) mass is 254 g/mol. The van der Waals surface area contributed by atoms with E-state index in [2.05, 4.69) is 0 Å². The van der Waals surface area contributed by atoms with Gasteiger partial charge in [0.25, 0.3) is 10.1 Å². The van der Waals surface area contributed by atoms with Crippen LogP contribution in [-0.2, 0) is 33.0 Å². The third-order valence-corrected chi connectivity index (χ3v) is 2.05.